The van der Waals surface area contributed by atoms with E-state index < -0.39 is 5.60 Å². The summed E-state index contributed by atoms with van der Waals surface area (Å²) >= 11 is 0. The molecular weight excluding hydrogens is 236 g/mol. The van der Waals surface area contributed by atoms with Gasteiger partial charge >= 0.3 is 0 Å². The van der Waals surface area contributed by atoms with Crippen molar-refractivity contribution in [3.8, 4) is 0 Å². The topological polar surface area (TPSA) is 38.0 Å². The lowest BCUT2D eigenvalue weighted by atomic mass is 9.67. The fraction of sp³-hybridized carbons (Fsp3) is 0.812. The molecule has 106 valence electrons. The van der Waals surface area contributed by atoms with E-state index in [0.717, 1.165) is 31.6 Å². The van der Waals surface area contributed by atoms with Crippen molar-refractivity contribution in [1.82, 2.24) is 9.55 Å². The minimum atomic E-state index is -0.674. The standard InChI is InChI=1S/C16H26N2O/c1-2-12-18-13-11-17-14(18)16(19)9-7-15(8-10-16)5-3-4-6-15/h11,13,19H,2-10,12H2,1H3. The highest BCUT2D eigenvalue weighted by molar-refractivity contribution is 5.09. The molecule has 3 heteroatoms. The van der Waals surface area contributed by atoms with Crippen LogP contribution in [0.15, 0.2) is 12.4 Å². The first-order chi connectivity index (χ1) is 9.18. The van der Waals surface area contributed by atoms with Gasteiger partial charge in [0.2, 0.25) is 0 Å². The molecule has 2 aliphatic carbocycles. The van der Waals surface area contributed by atoms with Gasteiger partial charge in [-0.2, -0.15) is 0 Å². The zero-order chi connectivity index (χ0) is 13.3. The van der Waals surface area contributed by atoms with Crippen LogP contribution in [0.2, 0.25) is 0 Å². The van der Waals surface area contributed by atoms with Crippen molar-refractivity contribution < 1.29 is 5.11 Å². The highest BCUT2D eigenvalue weighted by Crippen LogP contribution is 2.53. The Morgan fingerprint density at radius 2 is 1.84 bits per heavy atom. The van der Waals surface area contributed by atoms with Gasteiger partial charge in [0.05, 0.1) is 0 Å². The number of aryl methyl sites for hydroxylation is 1. The number of imidazole rings is 1. The highest BCUT2D eigenvalue weighted by atomic mass is 16.3. The number of nitrogens with zero attached hydrogens (tertiary/aromatic N) is 2. The third-order valence-electron chi connectivity index (χ3n) is 5.40. The Bertz CT molecular complexity index is 422. The molecular formula is C16H26N2O. The summed E-state index contributed by atoms with van der Waals surface area (Å²) in [5, 5.41) is 11.0. The third kappa shape index (κ3) is 2.33. The molecule has 1 aromatic rings. The minimum absolute atomic E-state index is 0.564. The monoisotopic (exact) mass is 262 g/mol. The van der Waals surface area contributed by atoms with Gasteiger partial charge in [-0.15, -0.1) is 0 Å². The summed E-state index contributed by atoms with van der Waals surface area (Å²) < 4.78 is 2.15. The fourth-order valence-corrected chi connectivity index (χ4v) is 4.18. The summed E-state index contributed by atoms with van der Waals surface area (Å²) in [5.74, 6) is 0.905. The first-order valence-corrected chi connectivity index (χ1v) is 7.92. The van der Waals surface area contributed by atoms with Gasteiger partial charge in [0.1, 0.15) is 11.4 Å². The van der Waals surface area contributed by atoms with E-state index in [1.807, 2.05) is 12.4 Å². The molecule has 0 saturated heterocycles. The summed E-state index contributed by atoms with van der Waals surface area (Å²) in [4.78, 5) is 4.46. The molecule has 0 atom stereocenters. The van der Waals surface area contributed by atoms with Gasteiger partial charge in [-0.05, 0) is 50.4 Å². The van der Waals surface area contributed by atoms with Gasteiger partial charge in [-0.1, -0.05) is 19.8 Å². The van der Waals surface area contributed by atoms with Crippen molar-refractivity contribution in [2.75, 3.05) is 0 Å². The Kier molecular flexibility index (Phi) is 3.42. The Morgan fingerprint density at radius 3 is 2.47 bits per heavy atom. The molecule has 1 aromatic heterocycles. The molecule has 3 nitrogen and oxygen atoms in total. The van der Waals surface area contributed by atoms with E-state index in [1.165, 1.54) is 38.5 Å². The van der Waals surface area contributed by atoms with Crippen molar-refractivity contribution in [2.24, 2.45) is 5.41 Å². The summed E-state index contributed by atoms with van der Waals surface area (Å²) in [6, 6.07) is 0. The molecule has 1 N–H and O–H groups in total. The lowest BCUT2D eigenvalue weighted by Crippen LogP contribution is -2.38. The molecule has 2 fully saturated rings. The normalized spacial score (nSPS) is 24.9. The van der Waals surface area contributed by atoms with E-state index in [-0.39, 0.29) is 0 Å². The van der Waals surface area contributed by atoms with E-state index in [9.17, 15) is 5.11 Å². The first kappa shape index (κ1) is 13.2. The van der Waals surface area contributed by atoms with Crippen LogP contribution in [-0.4, -0.2) is 14.7 Å². The summed E-state index contributed by atoms with van der Waals surface area (Å²) in [7, 11) is 0. The number of hydrogen-bond donors (Lipinski definition) is 1. The van der Waals surface area contributed by atoms with Crippen molar-refractivity contribution in [3.63, 3.8) is 0 Å². The van der Waals surface area contributed by atoms with Gasteiger partial charge in [0, 0.05) is 18.9 Å². The zero-order valence-electron chi connectivity index (χ0n) is 12.1. The van der Waals surface area contributed by atoms with E-state index in [4.69, 9.17) is 0 Å². The van der Waals surface area contributed by atoms with Crippen LogP contribution in [0, 0.1) is 5.41 Å². The fourth-order valence-electron chi connectivity index (χ4n) is 4.18. The Morgan fingerprint density at radius 1 is 1.16 bits per heavy atom. The van der Waals surface area contributed by atoms with Gasteiger partial charge in [-0.3, -0.25) is 0 Å². The van der Waals surface area contributed by atoms with Crippen molar-refractivity contribution >= 4 is 0 Å². The molecule has 3 rings (SSSR count). The molecule has 0 aromatic carbocycles. The summed E-state index contributed by atoms with van der Waals surface area (Å²) in [5.41, 5.74) is -0.110. The lowest BCUT2D eigenvalue weighted by Gasteiger charge is -2.41. The van der Waals surface area contributed by atoms with Gasteiger partial charge < -0.3 is 9.67 Å². The van der Waals surface area contributed by atoms with Crippen LogP contribution in [0.5, 0.6) is 0 Å². The Balaban J connectivity index is 1.75. The van der Waals surface area contributed by atoms with Gasteiger partial charge in [0.25, 0.3) is 0 Å². The molecule has 2 saturated carbocycles. The summed E-state index contributed by atoms with van der Waals surface area (Å²) in [6.07, 6.45) is 14.6. The highest BCUT2D eigenvalue weighted by Gasteiger charge is 2.45. The maximum absolute atomic E-state index is 11.0. The zero-order valence-corrected chi connectivity index (χ0v) is 12.1. The van der Waals surface area contributed by atoms with Crippen molar-refractivity contribution in [2.45, 2.75) is 76.9 Å². The number of hydrogen-bond acceptors (Lipinski definition) is 2. The van der Waals surface area contributed by atoms with E-state index in [0.29, 0.717) is 5.41 Å². The summed E-state index contributed by atoms with van der Waals surface area (Å²) in [6.45, 7) is 3.13. The Labute approximate surface area is 116 Å². The quantitative estimate of drug-likeness (QED) is 0.903. The van der Waals surface area contributed by atoms with Crippen LogP contribution in [0.25, 0.3) is 0 Å². The van der Waals surface area contributed by atoms with Crippen molar-refractivity contribution in [3.05, 3.63) is 18.2 Å². The third-order valence-corrected chi connectivity index (χ3v) is 5.40. The molecule has 1 heterocycles. The predicted octanol–water partition coefficient (Wildman–Crippen LogP) is 3.62. The predicted molar refractivity (Wildman–Crippen MR) is 75.8 cm³/mol. The average molecular weight is 262 g/mol. The van der Waals surface area contributed by atoms with Crippen LogP contribution < -0.4 is 0 Å². The van der Waals surface area contributed by atoms with E-state index in [2.05, 4.69) is 16.5 Å². The molecule has 0 amide bonds. The van der Waals surface area contributed by atoms with E-state index in [1.54, 1.807) is 0 Å². The molecule has 2 aliphatic rings. The van der Waals surface area contributed by atoms with Gasteiger partial charge in [-0.25, -0.2) is 4.98 Å². The molecule has 0 aliphatic heterocycles. The maximum Gasteiger partial charge on any atom is 0.140 e. The van der Waals surface area contributed by atoms with Gasteiger partial charge in [0.15, 0.2) is 0 Å². The van der Waals surface area contributed by atoms with Crippen LogP contribution in [0.1, 0.15) is 70.5 Å². The number of rotatable bonds is 3. The van der Waals surface area contributed by atoms with Crippen molar-refractivity contribution in [1.29, 1.82) is 0 Å². The van der Waals surface area contributed by atoms with Crippen LogP contribution in [0.3, 0.4) is 0 Å². The first-order valence-electron chi connectivity index (χ1n) is 7.92. The second-order valence-corrected chi connectivity index (χ2v) is 6.68. The maximum atomic E-state index is 11.0. The molecule has 1 spiro atoms. The molecule has 0 radical (unpaired) electrons. The SMILES string of the molecule is CCCn1ccnc1C1(O)CCC2(CCCC2)CC1. The minimum Gasteiger partial charge on any atom is -0.382 e. The average Bonchev–Trinajstić information content (AvgIpc) is 3.04. The molecule has 19 heavy (non-hydrogen) atoms. The van der Waals surface area contributed by atoms with Crippen LogP contribution >= 0.6 is 0 Å². The number of aliphatic hydroxyl groups is 1. The largest absolute Gasteiger partial charge is 0.382 e. The molecule has 0 unspecified atom stereocenters. The second kappa shape index (κ2) is 4.93. The molecule has 0 bridgehead atoms. The van der Waals surface area contributed by atoms with Crippen LogP contribution in [0.4, 0.5) is 0 Å². The second-order valence-electron chi connectivity index (χ2n) is 6.68. The smallest absolute Gasteiger partial charge is 0.140 e. The Hall–Kier alpha value is -0.830. The van der Waals surface area contributed by atoms with Crippen LogP contribution in [-0.2, 0) is 12.1 Å². The van der Waals surface area contributed by atoms with E-state index >= 15 is 0 Å². The lowest BCUT2D eigenvalue weighted by molar-refractivity contribution is -0.0467. The number of aromatic nitrogens is 2.